The van der Waals surface area contributed by atoms with Crippen LogP contribution in [0, 0.1) is 17.0 Å². The molecule has 0 spiro atoms. The number of nitrogens with zero attached hydrogens (tertiary/aromatic N) is 1. The molecule has 3 rings (SSSR count). The fourth-order valence-electron chi connectivity index (χ4n) is 3.15. The van der Waals surface area contributed by atoms with E-state index in [1.165, 1.54) is 23.5 Å². The number of amides is 1. The van der Waals surface area contributed by atoms with E-state index in [1.54, 1.807) is 13.3 Å². The summed E-state index contributed by atoms with van der Waals surface area (Å²) in [5, 5.41) is 6.59. The van der Waals surface area contributed by atoms with E-state index in [2.05, 4.69) is 15.6 Å². The topological polar surface area (TPSA) is 63.2 Å². The average Bonchev–Trinajstić information content (AvgIpc) is 3.05. The first-order valence-corrected chi connectivity index (χ1v) is 9.24. The van der Waals surface area contributed by atoms with Crippen molar-refractivity contribution in [3.63, 3.8) is 0 Å². The standard InChI is InChI=1S/C18H21F2N3O2S.ClH/c1-25-11-18(4-6-21-7-5-18)16(24)23-17-22-10-14(26-17)8-12-2-3-13(19)9-15(12)20;/h2-3,9-10,21H,4-8,11H2,1H3,(H,22,23,24);1H. The Labute approximate surface area is 166 Å². The largest absolute Gasteiger partial charge is 0.384 e. The summed E-state index contributed by atoms with van der Waals surface area (Å²) in [7, 11) is 1.59. The van der Waals surface area contributed by atoms with Crippen LogP contribution in [0.25, 0.3) is 0 Å². The molecule has 1 aromatic carbocycles. The number of nitrogens with one attached hydrogen (secondary N) is 2. The molecule has 5 nitrogen and oxygen atoms in total. The number of carbonyl (C=O) groups is 1. The second-order valence-corrected chi connectivity index (χ2v) is 7.58. The Morgan fingerprint density at radius 3 is 2.78 bits per heavy atom. The first kappa shape index (κ1) is 21.7. The van der Waals surface area contributed by atoms with Crippen LogP contribution in [0.5, 0.6) is 0 Å². The van der Waals surface area contributed by atoms with Crippen LogP contribution < -0.4 is 10.6 Å². The van der Waals surface area contributed by atoms with Crippen molar-refractivity contribution in [1.82, 2.24) is 10.3 Å². The second kappa shape index (κ2) is 9.54. The lowest BCUT2D eigenvalue weighted by Crippen LogP contribution is -2.47. The van der Waals surface area contributed by atoms with Crippen LogP contribution in [0.4, 0.5) is 13.9 Å². The molecular weight excluding hydrogens is 396 g/mol. The number of carbonyl (C=O) groups excluding carboxylic acids is 1. The van der Waals surface area contributed by atoms with E-state index in [4.69, 9.17) is 4.74 Å². The maximum atomic E-state index is 13.8. The van der Waals surface area contributed by atoms with Crippen molar-refractivity contribution < 1.29 is 18.3 Å². The molecule has 1 saturated heterocycles. The van der Waals surface area contributed by atoms with E-state index in [0.717, 1.165) is 24.0 Å². The minimum Gasteiger partial charge on any atom is -0.384 e. The quantitative estimate of drug-likeness (QED) is 0.756. The zero-order chi connectivity index (χ0) is 18.6. The zero-order valence-corrected chi connectivity index (χ0v) is 16.5. The van der Waals surface area contributed by atoms with Gasteiger partial charge in [0.2, 0.25) is 5.91 Å². The molecule has 0 atom stereocenters. The summed E-state index contributed by atoms with van der Waals surface area (Å²) in [5.41, 5.74) is -0.170. The number of benzene rings is 1. The summed E-state index contributed by atoms with van der Waals surface area (Å²) in [5.74, 6) is -1.29. The fraction of sp³-hybridized carbons (Fsp3) is 0.444. The van der Waals surface area contributed by atoms with Crippen molar-refractivity contribution in [3.05, 3.63) is 46.5 Å². The van der Waals surface area contributed by atoms with E-state index in [9.17, 15) is 13.6 Å². The third-order valence-electron chi connectivity index (χ3n) is 4.62. The molecule has 2 aromatic rings. The minimum absolute atomic E-state index is 0. The number of aromatic nitrogens is 1. The van der Waals surface area contributed by atoms with Crippen molar-refractivity contribution in [2.45, 2.75) is 19.3 Å². The lowest BCUT2D eigenvalue weighted by molar-refractivity contribution is -0.130. The highest BCUT2D eigenvalue weighted by Gasteiger charge is 2.40. The van der Waals surface area contributed by atoms with Gasteiger partial charge in [0, 0.05) is 30.7 Å². The van der Waals surface area contributed by atoms with Gasteiger partial charge in [0.15, 0.2) is 5.13 Å². The molecule has 9 heteroatoms. The molecule has 27 heavy (non-hydrogen) atoms. The number of methoxy groups -OCH3 is 1. The van der Waals surface area contributed by atoms with Crippen LogP contribution in [0.3, 0.4) is 0 Å². The number of ether oxygens (including phenoxy) is 1. The van der Waals surface area contributed by atoms with Gasteiger partial charge in [-0.3, -0.25) is 4.79 Å². The van der Waals surface area contributed by atoms with Gasteiger partial charge >= 0.3 is 0 Å². The van der Waals surface area contributed by atoms with Crippen LogP contribution in [0.15, 0.2) is 24.4 Å². The third-order valence-corrected chi connectivity index (χ3v) is 5.53. The number of halogens is 3. The van der Waals surface area contributed by atoms with Gasteiger partial charge in [-0.1, -0.05) is 6.07 Å². The van der Waals surface area contributed by atoms with E-state index in [1.807, 2.05) is 0 Å². The van der Waals surface area contributed by atoms with Crippen molar-refractivity contribution in [2.24, 2.45) is 5.41 Å². The van der Waals surface area contributed by atoms with E-state index >= 15 is 0 Å². The number of thiazole rings is 1. The summed E-state index contributed by atoms with van der Waals surface area (Å²) in [6.45, 7) is 1.90. The van der Waals surface area contributed by atoms with Gasteiger partial charge < -0.3 is 15.4 Å². The summed E-state index contributed by atoms with van der Waals surface area (Å²) in [6.07, 6.45) is 3.30. The Morgan fingerprint density at radius 2 is 2.11 bits per heavy atom. The van der Waals surface area contributed by atoms with E-state index < -0.39 is 17.0 Å². The van der Waals surface area contributed by atoms with Crippen LogP contribution >= 0.6 is 23.7 Å². The van der Waals surface area contributed by atoms with Crippen LogP contribution in [0.2, 0.25) is 0 Å². The summed E-state index contributed by atoms with van der Waals surface area (Å²) in [4.78, 5) is 17.8. The van der Waals surface area contributed by atoms with Crippen LogP contribution in [-0.4, -0.2) is 37.7 Å². The van der Waals surface area contributed by atoms with Gasteiger partial charge in [-0.05, 0) is 37.6 Å². The molecule has 2 heterocycles. The highest BCUT2D eigenvalue weighted by Crippen LogP contribution is 2.32. The molecule has 0 unspecified atom stereocenters. The van der Waals surface area contributed by atoms with Gasteiger partial charge in [-0.2, -0.15) is 0 Å². The highest BCUT2D eigenvalue weighted by atomic mass is 35.5. The molecule has 0 bridgehead atoms. The normalized spacial score (nSPS) is 15.8. The Balaban J connectivity index is 0.00000261. The molecule has 1 amide bonds. The average molecular weight is 418 g/mol. The summed E-state index contributed by atoms with van der Waals surface area (Å²) >= 11 is 1.29. The molecule has 0 aliphatic carbocycles. The van der Waals surface area contributed by atoms with E-state index in [-0.39, 0.29) is 18.3 Å². The fourth-order valence-corrected chi connectivity index (χ4v) is 3.98. The minimum atomic E-state index is -0.603. The Morgan fingerprint density at radius 1 is 1.37 bits per heavy atom. The lowest BCUT2D eigenvalue weighted by atomic mass is 9.79. The Kier molecular flexibility index (Phi) is 7.67. The van der Waals surface area contributed by atoms with Gasteiger partial charge in [0.05, 0.1) is 12.0 Å². The molecule has 1 aliphatic rings. The number of piperidine rings is 1. The molecule has 148 valence electrons. The SMILES string of the molecule is COCC1(C(=O)Nc2ncc(Cc3ccc(F)cc3F)s2)CCNCC1.Cl. The highest BCUT2D eigenvalue weighted by molar-refractivity contribution is 7.15. The lowest BCUT2D eigenvalue weighted by Gasteiger charge is -2.35. The van der Waals surface area contributed by atoms with Crippen molar-refractivity contribution in [2.75, 3.05) is 32.1 Å². The van der Waals surface area contributed by atoms with Crippen LogP contribution in [0.1, 0.15) is 23.3 Å². The van der Waals surface area contributed by atoms with E-state index in [0.29, 0.717) is 36.6 Å². The zero-order valence-electron chi connectivity index (χ0n) is 14.9. The number of anilines is 1. The molecular formula is C18H22ClF2N3O2S. The van der Waals surface area contributed by atoms with Crippen molar-refractivity contribution >= 4 is 34.8 Å². The Bertz CT molecular complexity index is 776. The summed E-state index contributed by atoms with van der Waals surface area (Å²) < 4.78 is 32.1. The molecule has 2 N–H and O–H groups in total. The summed E-state index contributed by atoms with van der Waals surface area (Å²) in [6, 6.07) is 3.52. The maximum absolute atomic E-state index is 13.8. The Hall–Kier alpha value is -1.61. The number of hydrogen-bond acceptors (Lipinski definition) is 5. The number of hydrogen-bond donors (Lipinski definition) is 2. The molecule has 1 aromatic heterocycles. The van der Waals surface area contributed by atoms with Gasteiger partial charge in [0.25, 0.3) is 0 Å². The van der Waals surface area contributed by atoms with Gasteiger partial charge in [-0.15, -0.1) is 23.7 Å². The van der Waals surface area contributed by atoms with Crippen molar-refractivity contribution in [3.8, 4) is 0 Å². The first-order valence-electron chi connectivity index (χ1n) is 8.42. The molecule has 1 aliphatic heterocycles. The maximum Gasteiger partial charge on any atom is 0.234 e. The predicted octanol–water partition coefficient (Wildman–Crippen LogP) is 3.39. The van der Waals surface area contributed by atoms with Gasteiger partial charge in [0.1, 0.15) is 11.6 Å². The molecule has 0 radical (unpaired) electrons. The van der Waals surface area contributed by atoms with Gasteiger partial charge in [-0.25, -0.2) is 13.8 Å². The molecule has 0 saturated carbocycles. The third kappa shape index (κ3) is 5.22. The second-order valence-electron chi connectivity index (χ2n) is 6.46. The monoisotopic (exact) mass is 417 g/mol. The number of rotatable bonds is 6. The smallest absolute Gasteiger partial charge is 0.234 e. The first-order chi connectivity index (χ1) is 12.5. The van der Waals surface area contributed by atoms with Crippen molar-refractivity contribution in [1.29, 1.82) is 0 Å². The van der Waals surface area contributed by atoms with Crippen LogP contribution in [-0.2, 0) is 16.0 Å². The molecule has 1 fully saturated rings. The predicted molar refractivity (Wildman–Crippen MR) is 104 cm³/mol.